The number of benzene rings is 1. The zero-order valence-corrected chi connectivity index (χ0v) is 18.6. The summed E-state index contributed by atoms with van der Waals surface area (Å²) < 4.78 is 0. The molecule has 1 aromatic carbocycles. The fraction of sp³-hybridized carbons (Fsp3) is 0.600. The standard InChI is InChI=1S/C25H36N6/c1-2-7-16-31(15-6-1)24-20-18-26-14-13-21(20)28-25(30-24)29-23-12-8-11-22(23)27-17-19-9-4-3-5-10-19/h3-5,9-10,22-23,26-27H,1-2,6-8,11-18H2,(H,28,29,30). The first-order chi connectivity index (χ1) is 15.4. The molecule has 2 atom stereocenters. The molecule has 0 spiro atoms. The fourth-order valence-corrected chi connectivity index (χ4v) is 5.32. The summed E-state index contributed by atoms with van der Waals surface area (Å²) in [5.74, 6) is 2.01. The molecule has 31 heavy (non-hydrogen) atoms. The van der Waals surface area contributed by atoms with E-state index in [9.17, 15) is 0 Å². The van der Waals surface area contributed by atoms with Crippen molar-refractivity contribution in [2.75, 3.05) is 29.9 Å². The minimum absolute atomic E-state index is 0.389. The number of anilines is 2. The number of hydrogen-bond acceptors (Lipinski definition) is 6. The summed E-state index contributed by atoms with van der Waals surface area (Å²) in [5, 5.41) is 11.0. The Kier molecular flexibility index (Phi) is 6.65. The average Bonchev–Trinajstić information content (AvgIpc) is 3.07. The summed E-state index contributed by atoms with van der Waals surface area (Å²) in [6.07, 6.45) is 9.83. The highest BCUT2D eigenvalue weighted by Gasteiger charge is 2.29. The average molecular weight is 421 g/mol. The lowest BCUT2D eigenvalue weighted by Gasteiger charge is -2.29. The Hall–Kier alpha value is -2.18. The summed E-state index contributed by atoms with van der Waals surface area (Å²) in [5.41, 5.74) is 3.90. The number of nitrogens with one attached hydrogen (secondary N) is 3. The molecule has 3 N–H and O–H groups in total. The van der Waals surface area contributed by atoms with Gasteiger partial charge in [-0.1, -0.05) is 43.2 Å². The van der Waals surface area contributed by atoms with Crippen LogP contribution in [0.5, 0.6) is 0 Å². The minimum Gasteiger partial charge on any atom is -0.356 e. The zero-order valence-electron chi connectivity index (χ0n) is 18.6. The van der Waals surface area contributed by atoms with Crippen molar-refractivity contribution < 1.29 is 0 Å². The van der Waals surface area contributed by atoms with Crippen molar-refractivity contribution in [1.82, 2.24) is 20.6 Å². The quantitative estimate of drug-likeness (QED) is 0.663. The monoisotopic (exact) mass is 420 g/mol. The Morgan fingerprint density at radius 1 is 0.935 bits per heavy atom. The highest BCUT2D eigenvalue weighted by Crippen LogP contribution is 2.29. The van der Waals surface area contributed by atoms with Crippen molar-refractivity contribution in [3.63, 3.8) is 0 Å². The van der Waals surface area contributed by atoms with E-state index in [1.165, 1.54) is 67.6 Å². The van der Waals surface area contributed by atoms with E-state index in [4.69, 9.17) is 9.97 Å². The van der Waals surface area contributed by atoms with Crippen LogP contribution in [-0.2, 0) is 19.5 Å². The maximum absolute atomic E-state index is 5.10. The molecule has 2 aromatic rings. The van der Waals surface area contributed by atoms with E-state index in [1.54, 1.807) is 0 Å². The van der Waals surface area contributed by atoms with E-state index in [2.05, 4.69) is 51.2 Å². The van der Waals surface area contributed by atoms with Crippen molar-refractivity contribution in [2.24, 2.45) is 0 Å². The van der Waals surface area contributed by atoms with Crippen molar-refractivity contribution in [1.29, 1.82) is 0 Å². The van der Waals surface area contributed by atoms with Gasteiger partial charge in [0.2, 0.25) is 5.95 Å². The first-order valence-electron chi connectivity index (χ1n) is 12.3. The molecule has 2 fully saturated rings. The largest absolute Gasteiger partial charge is 0.356 e. The lowest BCUT2D eigenvalue weighted by molar-refractivity contribution is 0.491. The van der Waals surface area contributed by atoms with E-state index >= 15 is 0 Å². The summed E-state index contributed by atoms with van der Waals surface area (Å²) in [6, 6.07) is 11.5. The van der Waals surface area contributed by atoms with Gasteiger partial charge in [0.25, 0.3) is 0 Å². The Morgan fingerprint density at radius 3 is 2.58 bits per heavy atom. The predicted molar refractivity (Wildman–Crippen MR) is 126 cm³/mol. The highest BCUT2D eigenvalue weighted by atomic mass is 15.2. The molecular formula is C25H36N6. The third kappa shape index (κ3) is 5.01. The van der Waals surface area contributed by atoms with Gasteiger partial charge in [-0.25, -0.2) is 4.98 Å². The molecule has 1 saturated heterocycles. The second-order valence-corrected chi connectivity index (χ2v) is 9.28. The Balaban J connectivity index is 1.32. The molecule has 0 radical (unpaired) electrons. The van der Waals surface area contributed by atoms with E-state index in [-0.39, 0.29) is 0 Å². The van der Waals surface area contributed by atoms with Crippen LogP contribution in [0.4, 0.5) is 11.8 Å². The lowest BCUT2D eigenvalue weighted by Crippen LogP contribution is -2.40. The highest BCUT2D eigenvalue weighted by molar-refractivity contribution is 5.54. The Morgan fingerprint density at radius 2 is 1.74 bits per heavy atom. The molecule has 1 saturated carbocycles. The first-order valence-corrected chi connectivity index (χ1v) is 12.3. The van der Waals surface area contributed by atoms with Gasteiger partial charge in [0, 0.05) is 56.8 Å². The molecule has 3 heterocycles. The maximum Gasteiger partial charge on any atom is 0.225 e. The smallest absolute Gasteiger partial charge is 0.225 e. The molecule has 2 aliphatic heterocycles. The second kappa shape index (κ2) is 9.96. The van der Waals surface area contributed by atoms with Crippen LogP contribution in [0.2, 0.25) is 0 Å². The molecule has 1 aliphatic carbocycles. The summed E-state index contributed by atoms with van der Waals surface area (Å²) in [7, 11) is 0. The Bertz CT molecular complexity index is 847. The lowest BCUT2D eigenvalue weighted by atomic mass is 10.1. The van der Waals surface area contributed by atoms with Crippen molar-refractivity contribution >= 4 is 11.8 Å². The number of rotatable bonds is 6. The van der Waals surface area contributed by atoms with Gasteiger partial charge in [0.15, 0.2) is 0 Å². The van der Waals surface area contributed by atoms with Crippen LogP contribution in [0, 0.1) is 0 Å². The van der Waals surface area contributed by atoms with Crippen LogP contribution < -0.4 is 20.9 Å². The molecular weight excluding hydrogens is 384 g/mol. The molecule has 3 aliphatic rings. The molecule has 0 amide bonds. The van der Waals surface area contributed by atoms with Gasteiger partial charge in [0.05, 0.1) is 5.69 Å². The first kappa shape index (κ1) is 20.7. The van der Waals surface area contributed by atoms with Crippen LogP contribution in [0.1, 0.15) is 61.8 Å². The third-order valence-electron chi connectivity index (χ3n) is 7.06. The number of nitrogens with zero attached hydrogens (tertiary/aromatic N) is 3. The molecule has 1 aromatic heterocycles. The van der Waals surface area contributed by atoms with Crippen LogP contribution in [0.25, 0.3) is 0 Å². The van der Waals surface area contributed by atoms with Crippen molar-refractivity contribution in [3.8, 4) is 0 Å². The Labute approximate surface area is 186 Å². The van der Waals surface area contributed by atoms with Crippen LogP contribution in [0.3, 0.4) is 0 Å². The molecule has 0 bridgehead atoms. The van der Waals surface area contributed by atoms with E-state index < -0.39 is 0 Å². The summed E-state index contributed by atoms with van der Waals surface area (Å²) in [6.45, 7) is 5.06. The van der Waals surface area contributed by atoms with E-state index in [0.717, 1.165) is 45.1 Å². The fourth-order valence-electron chi connectivity index (χ4n) is 5.32. The van der Waals surface area contributed by atoms with Gasteiger partial charge < -0.3 is 20.9 Å². The third-order valence-corrected chi connectivity index (χ3v) is 7.06. The van der Waals surface area contributed by atoms with Crippen LogP contribution in [-0.4, -0.2) is 41.7 Å². The van der Waals surface area contributed by atoms with Crippen LogP contribution >= 0.6 is 0 Å². The predicted octanol–water partition coefficient (Wildman–Crippen LogP) is 3.63. The van der Waals surface area contributed by atoms with E-state index in [1.807, 2.05) is 0 Å². The molecule has 6 heteroatoms. The van der Waals surface area contributed by atoms with Gasteiger partial charge in [-0.3, -0.25) is 0 Å². The topological polar surface area (TPSA) is 65.1 Å². The summed E-state index contributed by atoms with van der Waals surface area (Å²) >= 11 is 0. The van der Waals surface area contributed by atoms with Gasteiger partial charge in [-0.2, -0.15) is 4.98 Å². The van der Waals surface area contributed by atoms with Gasteiger partial charge >= 0.3 is 0 Å². The molecule has 6 nitrogen and oxygen atoms in total. The van der Waals surface area contributed by atoms with E-state index in [0.29, 0.717) is 12.1 Å². The number of aromatic nitrogens is 2. The molecule has 166 valence electrons. The van der Waals surface area contributed by atoms with Gasteiger partial charge in [-0.15, -0.1) is 0 Å². The normalized spacial score (nSPS) is 23.9. The van der Waals surface area contributed by atoms with Crippen molar-refractivity contribution in [3.05, 3.63) is 47.2 Å². The summed E-state index contributed by atoms with van der Waals surface area (Å²) in [4.78, 5) is 12.6. The van der Waals surface area contributed by atoms with Gasteiger partial charge in [-0.05, 0) is 37.7 Å². The molecule has 5 rings (SSSR count). The number of hydrogen-bond donors (Lipinski definition) is 3. The number of fused-ring (bicyclic) bond motifs is 1. The minimum atomic E-state index is 0.389. The molecule has 2 unspecified atom stereocenters. The van der Waals surface area contributed by atoms with Gasteiger partial charge in [0.1, 0.15) is 5.82 Å². The van der Waals surface area contributed by atoms with Crippen LogP contribution in [0.15, 0.2) is 30.3 Å². The maximum atomic E-state index is 5.10. The second-order valence-electron chi connectivity index (χ2n) is 9.28. The van der Waals surface area contributed by atoms with Crippen molar-refractivity contribution in [2.45, 2.75) is 76.5 Å². The zero-order chi connectivity index (χ0) is 20.9. The SMILES string of the molecule is c1ccc(CNC2CCCC2Nc2nc3c(c(N4CCCCCC4)n2)CNCC3)cc1.